The molecule has 0 radical (unpaired) electrons. The summed E-state index contributed by atoms with van der Waals surface area (Å²) in [5, 5.41) is 9.26. The van der Waals surface area contributed by atoms with Crippen molar-refractivity contribution in [2.45, 2.75) is 11.3 Å². The molecule has 29 heavy (non-hydrogen) atoms. The molecule has 3 aromatic rings. The van der Waals surface area contributed by atoms with Gasteiger partial charge < -0.3 is 14.6 Å². The molecule has 1 N–H and O–H groups in total. The normalized spacial score (nSPS) is 11.3. The molecule has 152 valence electrons. The number of aromatic nitrogens is 3. The topological polar surface area (TPSA) is 69.0 Å². The van der Waals surface area contributed by atoms with E-state index in [4.69, 9.17) is 4.74 Å². The van der Waals surface area contributed by atoms with Crippen LogP contribution in [0.2, 0.25) is 0 Å². The first-order chi connectivity index (χ1) is 13.7. The van der Waals surface area contributed by atoms with Gasteiger partial charge in [-0.2, -0.15) is 13.2 Å². The van der Waals surface area contributed by atoms with Gasteiger partial charge in [-0.05, 0) is 48.5 Å². The van der Waals surface area contributed by atoms with Gasteiger partial charge in [-0.25, -0.2) is 0 Å². The molecule has 6 nitrogen and oxygen atoms in total. The van der Waals surface area contributed by atoms with Gasteiger partial charge in [0.2, 0.25) is 11.7 Å². The monoisotopic (exact) mass is 486 g/mol. The largest absolute Gasteiger partial charge is 0.457 e. The molecule has 1 amide bonds. The van der Waals surface area contributed by atoms with Crippen molar-refractivity contribution < 1.29 is 22.7 Å². The molecule has 0 saturated carbocycles. The van der Waals surface area contributed by atoms with Crippen LogP contribution in [-0.2, 0) is 18.0 Å². The third-order valence-corrected chi connectivity index (χ3v) is 5.16. The first-order valence-corrected chi connectivity index (χ1v) is 9.93. The standard InChI is InChI=1S/C18H14BrF3N4O2S/c1-26-16(18(20,21)22)24-25-17(26)29-10-15(27)23-12-4-8-14(9-5-12)28-13-6-2-11(19)3-7-13/h2-9H,10H2,1H3,(H,23,27). The number of nitrogens with zero attached hydrogens (tertiary/aromatic N) is 3. The molecule has 0 aliphatic heterocycles. The Morgan fingerprint density at radius 2 is 1.69 bits per heavy atom. The summed E-state index contributed by atoms with van der Waals surface area (Å²) in [6, 6.07) is 14.1. The number of ether oxygens (including phenoxy) is 1. The lowest BCUT2D eigenvalue weighted by atomic mass is 10.3. The summed E-state index contributed by atoms with van der Waals surface area (Å²) in [4.78, 5) is 12.1. The van der Waals surface area contributed by atoms with Crippen molar-refractivity contribution in [2.75, 3.05) is 11.1 Å². The second-order valence-electron chi connectivity index (χ2n) is 5.78. The van der Waals surface area contributed by atoms with E-state index in [-0.39, 0.29) is 16.8 Å². The minimum absolute atomic E-state index is 0.00530. The summed E-state index contributed by atoms with van der Waals surface area (Å²) in [6.07, 6.45) is -4.59. The lowest BCUT2D eigenvalue weighted by molar-refractivity contribution is -0.147. The number of nitrogens with one attached hydrogen (secondary N) is 1. The molecular weight excluding hydrogens is 473 g/mol. The maximum Gasteiger partial charge on any atom is 0.451 e. The van der Waals surface area contributed by atoms with E-state index in [2.05, 4.69) is 31.4 Å². The van der Waals surface area contributed by atoms with E-state index >= 15 is 0 Å². The molecular formula is C18H14BrF3N4O2S. The van der Waals surface area contributed by atoms with E-state index in [1.165, 1.54) is 7.05 Å². The molecule has 1 aromatic heterocycles. The number of hydrogen-bond donors (Lipinski definition) is 1. The molecule has 3 rings (SSSR count). The van der Waals surface area contributed by atoms with Crippen LogP contribution in [0.5, 0.6) is 11.5 Å². The molecule has 0 unspecified atom stereocenters. The molecule has 0 saturated heterocycles. The highest BCUT2D eigenvalue weighted by Crippen LogP contribution is 2.29. The van der Waals surface area contributed by atoms with Crippen LogP contribution in [0.15, 0.2) is 58.2 Å². The average Bonchev–Trinajstić information content (AvgIpc) is 3.04. The summed E-state index contributed by atoms with van der Waals surface area (Å²) < 4.78 is 45.6. The van der Waals surface area contributed by atoms with Crippen LogP contribution in [0.3, 0.4) is 0 Å². The van der Waals surface area contributed by atoms with E-state index in [1.807, 2.05) is 24.3 Å². The average molecular weight is 487 g/mol. The molecule has 0 spiro atoms. The van der Waals surface area contributed by atoms with Gasteiger partial charge in [-0.15, -0.1) is 10.2 Å². The Balaban J connectivity index is 1.53. The van der Waals surface area contributed by atoms with E-state index in [0.29, 0.717) is 17.2 Å². The Kier molecular flexibility index (Phi) is 6.48. The quantitative estimate of drug-likeness (QED) is 0.489. The van der Waals surface area contributed by atoms with Gasteiger partial charge in [0, 0.05) is 17.2 Å². The predicted octanol–water partition coefficient (Wildman–Crippen LogP) is 5.12. The number of anilines is 1. The van der Waals surface area contributed by atoms with Crippen molar-refractivity contribution in [3.05, 3.63) is 58.8 Å². The molecule has 0 atom stereocenters. The van der Waals surface area contributed by atoms with Crippen LogP contribution in [0, 0.1) is 0 Å². The first-order valence-electron chi connectivity index (χ1n) is 8.15. The molecule has 0 aliphatic carbocycles. The number of amides is 1. The summed E-state index contributed by atoms with van der Waals surface area (Å²) in [6.45, 7) is 0. The van der Waals surface area contributed by atoms with Gasteiger partial charge in [0.15, 0.2) is 5.16 Å². The summed E-state index contributed by atoms with van der Waals surface area (Å²) >= 11 is 4.21. The highest BCUT2D eigenvalue weighted by molar-refractivity contribution is 9.10. The molecule has 0 bridgehead atoms. The second kappa shape index (κ2) is 8.87. The number of thioether (sulfide) groups is 1. The summed E-state index contributed by atoms with van der Waals surface area (Å²) in [7, 11) is 1.20. The molecule has 0 aliphatic rings. The molecule has 11 heteroatoms. The number of carbonyl (C=O) groups is 1. The SMILES string of the molecule is Cn1c(SCC(=O)Nc2ccc(Oc3ccc(Br)cc3)cc2)nnc1C(F)(F)F. The Labute approximate surface area is 176 Å². The van der Waals surface area contributed by atoms with Gasteiger partial charge in [-0.1, -0.05) is 27.7 Å². The van der Waals surface area contributed by atoms with Gasteiger partial charge in [-0.3, -0.25) is 4.79 Å². The Morgan fingerprint density at radius 1 is 1.10 bits per heavy atom. The van der Waals surface area contributed by atoms with E-state index in [1.54, 1.807) is 24.3 Å². The third-order valence-electron chi connectivity index (χ3n) is 3.61. The van der Waals surface area contributed by atoms with Crippen LogP contribution >= 0.6 is 27.7 Å². The van der Waals surface area contributed by atoms with Crippen LogP contribution in [0.25, 0.3) is 0 Å². The predicted molar refractivity (Wildman–Crippen MR) is 106 cm³/mol. The fraction of sp³-hybridized carbons (Fsp3) is 0.167. The summed E-state index contributed by atoms with van der Waals surface area (Å²) in [5.74, 6) is -0.335. The van der Waals surface area contributed by atoms with Crippen molar-refractivity contribution in [1.29, 1.82) is 0 Å². The van der Waals surface area contributed by atoms with Crippen LogP contribution < -0.4 is 10.1 Å². The van der Waals surface area contributed by atoms with Crippen molar-refractivity contribution in [3.63, 3.8) is 0 Å². The molecule has 1 heterocycles. The minimum Gasteiger partial charge on any atom is -0.457 e. The Bertz CT molecular complexity index is 992. The maximum atomic E-state index is 12.7. The zero-order chi connectivity index (χ0) is 21.0. The number of rotatable bonds is 6. The highest BCUT2D eigenvalue weighted by Gasteiger charge is 2.37. The maximum absolute atomic E-state index is 12.7. The van der Waals surface area contributed by atoms with Gasteiger partial charge in [0.1, 0.15) is 11.5 Å². The fourth-order valence-corrected chi connectivity index (χ4v) is 3.24. The Morgan fingerprint density at radius 3 is 2.24 bits per heavy atom. The van der Waals surface area contributed by atoms with Crippen LogP contribution in [-0.4, -0.2) is 26.4 Å². The highest BCUT2D eigenvalue weighted by atomic mass is 79.9. The van der Waals surface area contributed by atoms with E-state index < -0.39 is 12.0 Å². The summed E-state index contributed by atoms with van der Waals surface area (Å²) in [5.41, 5.74) is 0.535. The first kappa shape index (κ1) is 21.2. The van der Waals surface area contributed by atoms with Gasteiger partial charge >= 0.3 is 6.18 Å². The molecule has 0 fully saturated rings. The van der Waals surface area contributed by atoms with Gasteiger partial charge in [0.25, 0.3) is 0 Å². The number of alkyl halides is 3. The van der Waals surface area contributed by atoms with Crippen molar-refractivity contribution in [2.24, 2.45) is 7.05 Å². The lowest BCUT2D eigenvalue weighted by Crippen LogP contribution is -2.15. The number of halogens is 4. The van der Waals surface area contributed by atoms with Crippen LogP contribution in [0.4, 0.5) is 18.9 Å². The Hall–Kier alpha value is -2.53. The second-order valence-corrected chi connectivity index (χ2v) is 7.64. The van der Waals surface area contributed by atoms with Crippen LogP contribution in [0.1, 0.15) is 5.82 Å². The van der Waals surface area contributed by atoms with Gasteiger partial charge in [0.05, 0.1) is 5.75 Å². The lowest BCUT2D eigenvalue weighted by Gasteiger charge is -2.08. The zero-order valence-corrected chi connectivity index (χ0v) is 17.3. The minimum atomic E-state index is -4.59. The van der Waals surface area contributed by atoms with E-state index in [9.17, 15) is 18.0 Å². The molecule has 2 aromatic carbocycles. The number of carbonyl (C=O) groups excluding carboxylic acids is 1. The fourth-order valence-electron chi connectivity index (χ4n) is 2.26. The van der Waals surface area contributed by atoms with Crippen molar-refractivity contribution in [1.82, 2.24) is 14.8 Å². The van der Waals surface area contributed by atoms with Crippen molar-refractivity contribution in [3.8, 4) is 11.5 Å². The zero-order valence-electron chi connectivity index (χ0n) is 14.9. The smallest absolute Gasteiger partial charge is 0.451 e. The van der Waals surface area contributed by atoms with Crippen molar-refractivity contribution >= 4 is 39.3 Å². The number of benzene rings is 2. The number of hydrogen-bond acceptors (Lipinski definition) is 5. The van der Waals surface area contributed by atoms with E-state index in [0.717, 1.165) is 20.8 Å². The third kappa shape index (κ3) is 5.73.